The van der Waals surface area contributed by atoms with E-state index in [2.05, 4.69) is 4.90 Å². The molecule has 0 aliphatic carbocycles. The number of nitrogens with two attached hydrogens (primary N) is 1. The number of amides is 1. The van der Waals surface area contributed by atoms with E-state index in [1.54, 1.807) is 6.07 Å². The quantitative estimate of drug-likeness (QED) is 0.827. The van der Waals surface area contributed by atoms with E-state index in [1.807, 2.05) is 48.5 Å². The van der Waals surface area contributed by atoms with Crippen LogP contribution in [0, 0.1) is 0 Å². The fraction of sp³-hybridized carbons (Fsp3) is 0.188. The zero-order valence-corrected chi connectivity index (χ0v) is 13.1. The van der Waals surface area contributed by atoms with Crippen molar-refractivity contribution in [2.45, 2.75) is 6.54 Å². The van der Waals surface area contributed by atoms with Crippen LogP contribution >= 0.6 is 24.0 Å². The second kappa shape index (κ2) is 8.55. The second-order valence-corrected chi connectivity index (χ2v) is 4.86. The first kappa shape index (κ1) is 17.3. The van der Waals surface area contributed by atoms with Gasteiger partial charge in [-0.25, -0.2) is 0 Å². The molecule has 3 nitrogen and oxygen atoms in total. The van der Waals surface area contributed by atoms with Crippen LogP contribution in [0.4, 0.5) is 5.69 Å². The fourth-order valence-electron chi connectivity index (χ4n) is 2.15. The number of hydrogen-bond donors (Lipinski definition) is 1. The molecule has 0 aliphatic rings. The summed E-state index contributed by atoms with van der Waals surface area (Å²) in [4.78, 5) is 13.6. The largest absolute Gasteiger partial charge is 0.366 e. The maximum atomic E-state index is 11.5. The first-order valence-electron chi connectivity index (χ1n) is 6.46. The second-order valence-electron chi connectivity index (χ2n) is 4.48. The van der Waals surface area contributed by atoms with E-state index in [1.165, 1.54) is 0 Å². The van der Waals surface area contributed by atoms with Gasteiger partial charge in [-0.1, -0.05) is 42.5 Å². The number of para-hydroxylation sites is 1. The minimum absolute atomic E-state index is 0. The molecule has 0 atom stereocenters. The molecule has 0 unspecified atom stereocenters. The SMILES string of the molecule is Cl.NC(=O)c1ccccc1N(CCCl)Cc1ccccc1. The van der Waals surface area contributed by atoms with Crippen LogP contribution in [0.25, 0.3) is 0 Å². The number of carbonyl (C=O) groups excluding carboxylic acids is 1. The Morgan fingerprint density at radius 3 is 2.29 bits per heavy atom. The van der Waals surface area contributed by atoms with E-state index >= 15 is 0 Å². The number of halogens is 2. The van der Waals surface area contributed by atoms with Gasteiger partial charge in [0.2, 0.25) is 0 Å². The maximum Gasteiger partial charge on any atom is 0.250 e. The lowest BCUT2D eigenvalue weighted by Crippen LogP contribution is -2.27. The molecule has 0 radical (unpaired) electrons. The summed E-state index contributed by atoms with van der Waals surface area (Å²) in [5.41, 5.74) is 7.95. The van der Waals surface area contributed by atoms with Gasteiger partial charge in [0.05, 0.1) is 5.56 Å². The zero-order valence-electron chi connectivity index (χ0n) is 11.5. The van der Waals surface area contributed by atoms with Crippen molar-refractivity contribution in [3.63, 3.8) is 0 Å². The van der Waals surface area contributed by atoms with Crippen molar-refractivity contribution in [3.8, 4) is 0 Å². The van der Waals surface area contributed by atoms with Gasteiger partial charge in [-0.15, -0.1) is 24.0 Å². The fourth-order valence-corrected chi connectivity index (χ4v) is 2.35. The number of anilines is 1. The molecule has 0 bridgehead atoms. The maximum absolute atomic E-state index is 11.5. The highest BCUT2D eigenvalue weighted by atomic mass is 35.5. The third-order valence-electron chi connectivity index (χ3n) is 3.08. The highest BCUT2D eigenvalue weighted by Crippen LogP contribution is 2.22. The summed E-state index contributed by atoms with van der Waals surface area (Å²) >= 11 is 5.89. The lowest BCUT2D eigenvalue weighted by molar-refractivity contribution is 0.100. The van der Waals surface area contributed by atoms with Crippen LogP contribution in [0.5, 0.6) is 0 Å². The summed E-state index contributed by atoms with van der Waals surface area (Å²) in [7, 11) is 0. The lowest BCUT2D eigenvalue weighted by Gasteiger charge is -2.25. The average molecular weight is 325 g/mol. The van der Waals surface area contributed by atoms with E-state index in [0.717, 1.165) is 11.3 Å². The van der Waals surface area contributed by atoms with Crippen LogP contribution in [-0.4, -0.2) is 18.3 Å². The van der Waals surface area contributed by atoms with Gasteiger partial charge in [-0.05, 0) is 17.7 Å². The highest BCUT2D eigenvalue weighted by molar-refractivity contribution is 6.18. The predicted molar refractivity (Wildman–Crippen MR) is 90.4 cm³/mol. The van der Waals surface area contributed by atoms with Crippen molar-refractivity contribution in [1.29, 1.82) is 0 Å². The monoisotopic (exact) mass is 324 g/mol. The molecule has 112 valence electrons. The molecule has 5 heteroatoms. The summed E-state index contributed by atoms with van der Waals surface area (Å²) in [6, 6.07) is 17.4. The van der Waals surface area contributed by atoms with E-state index < -0.39 is 5.91 Å². The number of primary amides is 1. The topological polar surface area (TPSA) is 46.3 Å². The molecular formula is C16H18Cl2N2O. The lowest BCUT2D eigenvalue weighted by atomic mass is 10.1. The Morgan fingerprint density at radius 1 is 1.05 bits per heavy atom. The third-order valence-corrected chi connectivity index (χ3v) is 3.25. The van der Waals surface area contributed by atoms with E-state index in [9.17, 15) is 4.79 Å². The average Bonchev–Trinajstić information content (AvgIpc) is 2.48. The molecule has 0 aromatic heterocycles. The molecule has 2 N–H and O–H groups in total. The molecule has 0 saturated carbocycles. The number of benzene rings is 2. The minimum Gasteiger partial charge on any atom is -0.366 e. The number of nitrogens with zero attached hydrogens (tertiary/aromatic N) is 1. The van der Waals surface area contributed by atoms with Gasteiger partial charge >= 0.3 is 0 Å². The summed E-state index contributed by atoms with van der Waals surface area (Å²) in [5.74, 6) is 0.0631. The summed E-state index contributed by atoms with van der Waals surface area (Å²) < 4.78 is 0. The Kier molecular flexibility index (Phi) is 7.06. The van der Waals surface area contributed by atoms with Gasteiger partial charge in [0.1, 0.15) is 0 Å². The number of alkyl halides is 1. The minimum atomic E-state index is -0.423. The van der Waals surface area contributed by atoms with Crippen LogP contribution in [-0.2, 0) is 6.54 Å². The molecular weight excluding hydrogens is 307 g/mol. The Hall–Kier alpha value is -1.71. The number of hydrogen-bond acceptors (Lipinski definition) is 2. The van der Waals surface area contributed by atoms with E-state index in [4.69, 9.17) is 17.3 Å². The zero-order chi connectivity index (χ0) is 14.4. The van der Waals surface area contributed by atoms with Gasteiger partial charge in [0, 0.05) is 24.7 Å². The van der Waals surface area contributed by atoms with Crippen molar-refractivity contribution >= 4 is 35.6 Å². The van der Waals surface area contributed by atoms with Crippen molar-refractivity contribution in [2.24, 2.45) is 5.73 Å². The molecule has 1 amide bonds. The van der Waals surface area contributed by atoms with Gasteiger partial charge < -0.3 is 10.6 Å². The molecule has 2 rings (SSSR count). The van der Waals surface area contributed by atoms with Crippen LogP contribution in [0.3, 0.4) is 0 Å². The van der Waals surface area contributed by atoms with Crippen molar-refractivity contribution in [1.82, 2.24) is 0 Å². The Balaban J connectivity index is 0.00000220. The smallest absolute Gasteiger partial charge is 0.250 e. The van der Waals surface area contributed by atoms with Crippen molar-refractivity contribution in [3.05, 3.63) is 65.7 Å². The molecule has 0 aliphatic heterocycles. The number of rotatable bonds is 6. The molecule has 2 aromatic rings. The predicted octanol–water partition coefficient (Wildman–Crippen LogP) is 3.45. The van der Waals surface area contributed by atoms with Crippen molar-refractivity contribution in [2.75, 3.05) is 17.3 Å². The Morgan fingerprint density at radius 2 is 1.67 bits per heavy atom. The molecule has 2 aromatic carbocycles. The first-order chi connectivity index (χ1) is 9.72. The Labute approximate surface area is 136 Å². The van der Waals surface area contributed by atoms with Gasteiger partial charge in [-0.2, -0.15) is 0 Å². The summed E-state index contributed by atoms with van der Waals surface area (Å²) in [6.07, 6.45) is 0. The molecule has 0 heterocycles. The Bertz CT molecular complexity index is 575. The van der Waals surface area contributed by atoms with Crippen LogP contribution in [0.2, 0.25) is 0 Å². The normalized spacial score (nSPS) is 9.76. The molecule has 0 fully saturated rings. The summed E-state index contributed by atoms with van der Waals surface area (Å²) in [6.45, 7) is 1.35. The highest BCUT2D eigenvalue weighted by Gasteiger charge is 2.14. The molecule has 21 heavy (non-hydrogen) atoms. The molecule has 0 spiro atoms. The van der Waals surface area contributed by atoms with Gasteiger partial charge in [0.15, 0.2) is 0 Å². The van der Waals surface area contributed by atoms with Crippen LogP contribution in [0.15, 0.2) is 54.6 Å². The van der Waals surface area contributed by atoms with Crippen molar-refractivity contribution < 1.29 is 4.79 Å². The molecule has 0 saturated heterocycles. The van der Waals surface area contributed by atoms with Crippen LogP contribution in [0.1, 0.15) is 15.9 Å². The third kappa shape index (κ3) is 4.66. The standard InChI is InChI=1S/C16H17ClN2O.ClH/c17-10-11-19(12-13-6-2-1-3-7-13)15-9-5-4-8-14(15)16(18)20;/h1-9H,10-12H2,(H2,18,20);1H. The van der Waals surface area contributed by atoms with E-state index in [0.29, 0.717) is 24.5 Å². The number of carbonyl (C=O) groups is 1. The van der Waals surface area contributed by atoms with E-state index in [-0.39, 0.29) is 12.4 Å². The van der Waals surface area contributed by atoms with Gasteiger partial charge in [-0.3, -0.25) is 4.79 Å². The van der Waals surface area contributed by atoms with Crippen LogP contribution < -0.4 is 10.6 Å². The first-order valence-corrected chi connectivity index (χ1v) is 6.99. The van der Waals surface area contributed by atoms with Gasteiger partial charge in [0.25, 0.3) is 5.91 Å². The summed E-state index contributed by atoms with van der Waals surface area (Å²) in [5, 5.41) is 0.